The Balaban J connectivity index is 1.68. The Hall–Kier alpha value is -2.99. The fourth-order valence-electron chi connectivity index (χ4n) is 3.64. The largest absolute Gasteiger partial charge is 0.493 e. The summed E-state index contributed by atoms with van der Waals surface area (Å²) < 4.78 is 13.1. The van der Waals surface area contributed by atoms with Crippen molar-refractivity contribution in [2.45, 2.75) is 32.1 Å². The number of anilines is 1. The van der Waals surface area contributed by atoms with Gasteiger partial charge in [0.2, 0.25) is 5.91 Å². The van der Waals surface area contributed by atoms with Crippen molar-refractivity contribution in [3.8, 4) is 17.2 Å². The normalized spacial score (nSPS) is 15.4. The highest BCUT2D eigenvalue weighted by Crippen LogP contribution is 2.40. The van der Waals surface area contributed by atoms with Gasteiger partial charge in [-0.15, -0.1) is 0 Å². The molecule has 0 radical (unpaired) electrons. The van der Waals surface area contributed by atoms with Crippen LogP contribution < -0.4 is 14.8 Å². The summed E-state index contributed by atoms with van der Waals surface area (Å²) in [4.78, 5) is 12.5. The van der Waals surface area contributed by atoms with E-state index in [0.717, 1.165) is 29.7 Å². The summed E-state index contributed by atoms with van der Waals surface area (Å²) >= 11 is 6.00. The monoisotopic (exact) mass is 425 g/mol. The van der Waals surface area contributed by atoms with Crippen molar-refractivity contribution >= 4 is 23.3 Å². The molecule has 1 atom stereocenters. The number of nitrogens with zero attached hydrogens (tertiary/aromatic N) is 2. The van der Waals surface area contributed by atoms with Crippen LogP contribution in [0.4, 0.5) is 5.82 Å². The molecule has 6 nitrogen and oxygen atoms in total. The highest BCUT2D eigenvalue weighted by atomic mass is 35.5. The van der Waals surface area contributed by atoms with E-state index in [4.69, 9.17) is 21.1 Å². The summed E-state index contributed by atoms with van der Waals surface area (Å²) in [6.07, 6.45) is 4.21. The molecule has 2 heterocycles. The van der Waals surface area contributed by atoms with E-state index in [0.29, 0.717) is 35.4 Å². The van der Waals surface area contributed by atoms with Gasteiger partial charge in [0.05, 0.1) is 25.6 Å². The maximum atomic E-state index is 12.5. The van der Waals surface area contributed by atoms with Crippen LogP contribution in [-0.4, -0.2) is 29.4 Å². The predicted octanol–water partition coefficient (Wildman–Crippen LogP) is 5.19. The first-order valence-corrected chi connectivity index (χ1v) is 10.4. The number of nitrogens with one attached hydrogen (secondary N) is 1. The molecule has 2 aromatic carbocycles. The lowest BCUT2D eigenvalue weighted by Crippen LogP contribution is -2.24. The smallest absolute Gasteiger partial charge is 0.226 e. The van der Waals surface area contributed by atoms with Gasteiger partial charge in [-0.05, 0) is 48.4 Å². The molecule has 0 aliphatic carbocycles. The van der Waals surface area contributed by atoms with Crippen molar-refractivity contribution < 1.29 is 14.3 Å². The Bertz CT molecular complexity index is 1050. The van der Waals surface area contributed by atoms with Crippen LogP contribution in [0.15, 0.2) is 48.7 Å². The molecule has 1 unspecified atom stereocenters. The molecular weight excluding hydrogens is 402 g/mol. The molecule has 1 N–H and O–H groups in total. The SMILES string of the molecule is CCCCOc1ccc(C2CC(=O)Nc3c2cnn3-c2ccc(Cl)cc2)cc1OC. The number of fused-ring (bicyclic) bond motifs is 1. The number of hydrogen-bond donors (Lipinski definition) is 1. The third kappa shape index (κ3) is 4.00. The molecule has 1 aromatic heterocycles. The van der Waals surface area contributed by atoms with Crippen LogP contribution in [0.25, 0.3) is 5.69 Å². The number of carbonyl (C=O) groups excluding carboxylic acids is 1. The Morgan fingerprint density at radius 2 is 2.00 bits per heavy atom. The summed E-state index contributed by atoms with van der Waals surface area (Å²) in [5.74, 6) is 1.90. The molecule has 0 spiro atoms. The average Bonchev–Trinajstić information content (AvgIpc) is 3.17. The zero-order valence-electron chi connectivity index (χ0n) is 17.0. The summed E-state index contributed by atoms with van der Waals surface area (Å²) in [7, 11) is 1.63. The molecular formula is C23H24ClN3O3. The number of amides is 1. The fraction of sp³-hybridized carbons (Fsp3) is 0.304. The summed E-state index contributed by atoms with van der Waals surface area (Å²) in [6.45, 7) is 2.77. The van der Waals surface area contributed by atoms with Gasteiger partial charge in [0.25, 0.3) is 0 Å². The third-order valence-electron chi connectivity index (χ3n) is 5.24. The first kappa shape index (κ1) is 20.3. The van der Waals surface area contributed by atoms with E-state index in [1.165, 1.54) is 0 Å². The van der Waals surface area contributed by atoms with E-state index in [1.807, 2.05) is 36.5 Å². The zero-order chi connectivity index (χ0) is 21.1. The second kappa shape index (κ2) is 8.79. The van der Waals surface area contributed by atoms with Gasteiger partial charge >= 0.3 is 0 Å². The number of ether oxygens (including phenoxy) is 2. The maximum Gasteiger partial charge on any atom is 0.226 e. The molecule has 7 heteroatoms. The van der Waals surface area contributed by atoms with Gasteiger partial charge in [0.1, 0.15) is 5.82 Å². The van der Waals surface area contributed by atoms with Crippen molar-refractivity contribution in [3.05, 3.63) is 64.8 Å². The molecule has 0 fully saturated rings. The van der Waals surface area contributed by atoms with Crippen LogP contribution in [0.1, 0.15) is 43.2 Å². The molecule has 1 amide bonds. The fourth-order valence-corrected chi connectivity index (χ4v) is 3.77. The van der Waals surface area contributed by atoms with Gasteiger partial charge in [0.15, 0.2) is 11.5 Å². The van der Waals surface area contributed by atoms with Gasteiger partial charge in [-0.1, -0.05) is 31.0 Å². The van der Waals surface area contributed by atoms with Crippen LogP contribution in [0.5, 0.6) is 11.5 Å². The van der Waals surface area contributed by atoms with E-state index in [-0.39, 0.29) is 11.8 Å². The summed E-state index contributed by atoms with van der Waals surface area (Å²) in [6, 6.07) is 13.2. The third-order valence-corrected chi connectivity index (χ3v) is 5.49. The maximum absolute atomic E-state index is 12.5. The molecule has 1 aliphatic heterocycles. The second-order valence-electron chi connectivity index (χ2n) is 7.25. The molecule has 0 saturated carbocycles. The van der Waals surface area contributed by atoms with E-state index < -0.39 is 0 Å². The first-order valence-electron chi connectivity index (χ1n) is 10.0. The number of hydrogen-bond acceptors (Lipinski definition) is 4. The standard InChI is InChI=1S/C23H24ClN3O3/c1-3-4-11-30-20-10-5-15(12-21(20)29-2)18-13-22(28)26-23-19(18)14-25-27(23)17-8-6-16(24)7-9-17/h5-10,12,14,18H,3-4,11,13H2,1-2H3,(H,26,28). The predicted molar refractivity (Wildman–Crippen MR) is 117 cm³/mol. The van der Waals surface area contributed by atoms with Crippen molar-refractivity contribution in [2.24, 2.45) is 0 Å². The minimum absolute atomic E-state index is 0.0505. The van der Waals surface area contributed by atoms with Crippen LogP contribution in [0, 0.1) is 0 Å². The van der Waals surface area contributed by atoms with Crippen molar-refractivity contribution in [2.75, 3.05) is 19.0 Å². The molecule has 1 aliphatic rings. The Labute approximate surface area is 180 Å². The van der Waals surface area contributed by atoms with Crippen LogP contribution in [-0.2, 0) is 4.79 Å². The van der Waals surface area contributed by atoms with E-state index in [1.54, 1.807) is 23.9 Å². The van der Waals surface area contributed by atoms with Gasteiger partial charge in [-0.3, -0.25) is 4.79 Å². The van der Waals surface area contributed by atoms with Crippen LogP contribution in [0.2, 0.25) is 5.02 Å². The highest BCUT2D eigenvalue weighted by Gasteiger charge is 2.31. The summed E-state index contributed by atoms with van der Waals surface area (Å²) in [5.41, 5.74) is 2.78. The lowest BCUT2D eigenvalue weighted by Gasteiger charge is -2.24. The second-order valence-corrected chi connectivity index (χ2v) is 7.69. The van der Waals surface area contributed by atoms with E-state index >= 15 is 0 Å². The minimum atomic E-state index is -0.117. The Kier molecular flexibility index (Phi) is 5.95. The minimum Gasteiger partial charge on any atom is -0.493 e. The van der Waals surface area contributed by atoms with Crippen molar-refractivity contribution in [1.29, 1.82) is 0 Å². The van der Waals surface area contributed by atoms with Gasteiger partial charge in [-0.2, -0.15) is 5.10 Å². The van der Waals surface area contributed by atoms with Crippen LogP contribution >= 0.6 is 11.6 Å². The number of carbonyl (C=O) groups is 1. The topological polar surface area (TPSA) is 65.4 Å². The highest BCUT2D eigenvalue weighted by molar-refractivity contribution is 6.30. The molecule has 156 valence electrons. The number of rotatable bonds is 7. The molecule has 0 bridgehead atoms. The number of benzene rings is 2. The van der Waals surface area contributed by atoms with Crippen molar-refractivity contribution in [1.82, 2.24) is 9.78 Å². The molecule has 4 rings (SSSR count). The molecule has 30 heavy (non-hydrogen) atoms. The number of aromatic nitrogens is 2. The number of halogens is 1. The Morgan fingerprint density at radius 3 is 2.73 bits per heavy atom. The van der Waals surface area contributed by atoms with E-state index in [9.17, 15) is 4.79 Å². The number of unbranched alkanes of at least 4 members (excludes halogenated alkanes) is 1. The molecule has 3 aromatic rings. The average molecular weight is 426 g/mol. The van der Waals surface area contributed by atoms with Crippen molar-refractivity contribution in [3.63, 3.8) is 0 Å². The van der Waals surface area contributed by atoms with Crippen LogP contribution in [0.3, 0.4) is 0 Å². The molecule has 0 saturated heterocycles. The summed E-state index contributed by atoms with van der Waals surface area (Å²) in [5, 5.41) is 8.14. The van der Waals surface area contributed by atoms with Gasteiger partial charge in [-0.25, -0.2) is 4.68 Å². The van der Waals surface area contributed by atoms with Gasteiger partial charge in [0, 0.05) is 22.9 Å². The quantitative estimate of drug-likeness (QED) is 0.529. The first-order chi connectivity index (χ1) is 14.6. The zero-order valence-corrected chi connectivity index (χ0v) is 17.8. The Morgan fingerprint density at radius 1 is 1.20 bits per heavy atom. The lowest BCUT2D eigenvalue weighted by molar-refractivity contribution is -0.116. The number of methoxy groups -OCH3 is 1. The van der Waals surface area contributed by atoms with Gasteiger partial charge < -0.3 is 14.8 Å². The van der Waals surface area contributed by atoms with E-state index in [2.05, 4.69) is 17.3 Å². The lowest BCUT2D eigenvalue weighted by atomic mass is 9.87.